The molecule has 0 atom stereocenters. The Bertz CT molecular complexity index is 220. The highest BCUT2D eigenvalue weighted by molar-refractivity contribution is 5.04. The molecule has 0 spiro atoms. The van der Waals surface area contributed by atoms with Crippen molar-refractivity contribution in [3.8, 4) is 0 Å². The van der Waals surface area contributed by atoms with Gasteiger partial charge in [0.25, 0.3) is 0 Å². The third-order valence-electron chi connectivity index (χ3n) is 1.87. The van der Waals surface area contributed by atoms with Crippen LogP contribution in [0.3, 0.4) is 0 Å². The highest BCUT2D eigenvalue weighted by Gasteiger charge is 2.28. The van der Waals surface area contributed by atoms with Gasteiger partial charge in [-0.2, -0.15) is 14.0 Å². The van der Waals surface area contributed by atoms with Gasteiger partial charge in [-0.3, -0.25) is 0 Å². The first-order valence-electron chi connectivity index (χ1n) is 4.48. The first-order chi connectivity index (χ1) is 6.53. The molecule has 0 amide bonds. The topological polar surface area (TPSA) is 87.6 Å². The third-order valence-corrected chi connectivity index (χ3v) is 2.25. The van der Waals surface area contributed by atoms with Gasteiger partial charge in [0.1, 0.15) is 10.2 Å². The van der Waals surface area contributed by atoms with Crippen LogP contribution >= 0.6 is 0 Å². The summed E-state index contributed by atoms with van der Waals surface area (Å²) >= 11 is 0. The Morgan fingerprint density at radius 1 is 1.14 bits per heavy atom. The molecule has 0 N–H and O–H groups in total. The van der Waals surface area contributed by atoms with Crippen molar-refractivity contribution >= 4 is 0 Å². The normalized spacial score (nSPS) is 18.3. The van der Waals surface area contributed by atoms with Gasteiger partial charge >= 0.3 is 5.76 Å². The quantitative estimate of drug-likeness (QED) is 0.594. The van der Waals surface area contributed by atoms with Gasteiger partial charge in [-0.15, -0.1) is 0 Å². The summed E-state index contributed by atoms with van der Waals surface area (Å²) in [6.45, 7) is 2.24. The number of hydrogen-bond donors (Lipinski definition) is 0. The number of halogens is 1. The highest BCUT2D eigenvalue weighted by Crippen LogP contribution is 2.27. The van der Waals surface area contributed by atoms with Gasteiger partial charge in [0.15, 0.2) is 5.76 Å². The van der Waals surface area contributed by atoms with Gasteiger partial charge in [-0.05, 0) is 19.8 Å². The van der Waals surface area contributed by atoms with Crippen LogP contribution in [0.25, 0.3) is 0 Å². The van der Waals surface area contributed by atoms with E-state index in [0.29, 0.717) is 25.2 Å². The minimum absolute atomic E-state index is 0.162. The first kappa shape index (κ1) is 11.6. The van der Waals surface area contributed by atoms with Crippen molar-refractivity contribution in [2.75, 3.05) is 6.61 Å². The van der Waals surface area contributed by atoms with E-state index >= 15 is 0 Å². The van der Waals surface area contributed by atoms with Crippen molar-refractivity contribution < 1.29 is 33.2 Å². The van der Waals surface area contributed by atoms with Gasteiger partial charge < -0.3 is 4.74 Å². The largest absolute Gasteiger partial charge is 0.494 e. The summed E-state index contributed by atoms with van der Waals surface area (Å²) in [5, 5.41) is 0. The molecular weight excluding hydrogens is 212 g/mol. The predicted molar refractivity (Wildman–Crippen MR) is 38.2 cm³/mol. The van der Waals surface area contributed by atoms with Crippen LogP contribution in [-0.2, 0) is 9.03 Å². The van der Waals surface area contributed by atoms with Crippen molar-refractivity contribution in [2.24, 2.45) is 0 Å². The Kier molecular flexibility index (Phi) is 4.00. The Balaban J connectivity index is 2.68. The summed E-state index contributed by atoms with van der Waals surface area (Å²) in [7, 11) is -4.39. The number of rotatable bonds is 4. The summed E-state index contributed by atoms with van der Waals surface area (Å²) in [6.07, 6.45) is 2.83. The monoisotopic (exact) mass is 224 g/mol. The molecule has 0 radical (unpaired) electrons. The molecule has 0 aliphatic heterocycles. The number of ether oxygens (including phenoxy) is 1. The lowest BCUT2D eigenvalue weighted by Crippen LogP contribution is -2.60. The van der Waals surface area contributed by atoms with Gasteiger partial charge in [0.2, 0.25) is 0 Å². The van der Waals surface area contributed by atoms with E-state index in [1.54, 1.807) is 6.92 Å². The third kappa shape index (κ3) is 3.71. The van der Waals surface area contributed by atoms with E-state index in [9.17, 15) is 14.0 Å². The molecule has 14 heavy (non-hydrogen) atoms. The van der Waals surface area contributed by atoms with Gasteiger partial charge in [0, 0.05) is 12.8 Å². The number of allylic oxidation sites excluding steroid dienone is 2. The van der Waals surface area contributed by atoms with Crippen molar-refractivity contribution in [3.05, 3.63) is 11.5 Å². The average molecular weight is 225 g/mol. The van der Waals surface area contributed by atoms with E-state index in [1.807, 2.05) is 0 Å². The summed E-state index contributed by atoms with van der Waals surface area (Å²) in [5.41, 5.74) is 0. The molecule has 0 saturated heterocycles. The molecule has 6 heteroatoms. The van der Waals surface area contributed by atoms with Crippen LogP contribution < -0.4 is 14.0 Å². The standard InChI is InChI=1S/C8H13ClO5/c1-2-13-7-5-3-4-6-8(7)14-9(10,11)12/h2-6H2,1H3. The van der Waals surface area contributed by atoms with Crippen molar-refractivity contribution in [3.63, 3.8) is 0 Å². The van der Waals surface area contributed by atoms with Crippen molar-refractivity contribution in [1.29, 1.82) is 0 Å². The molecule has 0 aromatic carbocycles. The maximum absolute atomic E-state index is 10.4. The van der Waals surface area contributed by atoms with Crippen LogP contribution in [0.2, 0.25) is 0 Å². The molecule has 0 bridgehead atoms. The molecule has 0 aromatic heterocycles. The molecule has 0 unspecified atom stereocenters. The summed E-state index contributed by atoms with van der Waals surface area (Å²) in [6, 6.07) is 0. The lowest BCUT2D eigenvalue weighted by atomic mass is 10.0. The number of hydrogen-bond acceptors (Lipinski definition) is 5. The molecule has 0 fully saturated rings. The van der Waals surface area contributed by atoms with Crippen LogP contribution in [0.15, 0.2) is 11.5 Å². The lowest BCUT2D eigenvalue weighted by Gasteiger charge is -2.19. The second-order valence-electron chi connectivity index (χ2n) is 2.94. The molecule has 1 aliphatic rings. The zero-order valence-electron chi connectivity index (χ0n) is 7.95. The molecule has 1 aliphatic carbocycles. The molecule has 0 heterocycles. The molecular formula is C8H13ClO5. The SMILES string of the molecule is CCOC1=C(O[Cl+3]([O-])([O-])[O-])CCCC1. The smallest absolute Gasteiger partial charge is 0.302 e. The van der Waals surface area contributed by atoms with Gasteiger partial charge in [-0.25, -0.2) is 0 Å². The van der Waals surface area contributed by atoms with E-state index < -0.39 is 10.2 Å². The second kappa shape index (κ2) is 4.84. The van der Waals surface area contributed by atoms with Crippen LogP contribution in [-0.4, -0.2) is 6.61 Å². The molecule has 82 valence electrons. The summed E-state index contributed by atoms with van der Waals surface area (Å²) in [5.74, 6) is 0.653. The van der Waals surface area contributed by atoms with E-state index in [-0.39, 0.29) is 5.76 Å². The Morgan fingerprint density at radius 2 is 1.71 bits per heavy atom. The maximum atomic E-state index is 10.4. The summed E-state index contributed by atoms with van der Waals surface area (Å²) in [4.78, 5) is 0. The maximum Gasteiger partial charge on any atom is 0.302 e. The minimum Gasteiger partial charge on any atom is -0.494 e. The van der Waals surface area contributed by atoms with Crippen molar-refractivity contribution in [2.45, 2.75) is 32.6 Å². The molecule has 0 saturated carbocycles. The van der Waals surface area contributed by atoms with Crippen LogP contribution in [0, 0.1) is 10.2 Å². The zero-order valence-corrected chi connectivity index (χ0v) is 8.71. The fraction of sp³-hybridized carbons (Fsp3) is 0.750. The Morgan fingerprint density at radius 3 is 2.21 bits per heavy atom. The fourth-order valence-corrected chi connectivity index (χ4v) is 1.76. The van der Waals surface area contributed by atoms with Crippen LogP contribution in [0.4, 0.5) is 0 Å². The molecule has 0 aromatic rings. The van der Waals surface area contributed by atoms with E-state index in [0.717, 1.165) is 12.8 Å². The Hall–Kier alpha value is -0.490. The molecule has 5 nitrogen and oxygen atoms in total. The predicted octanol–water partition coefficient (Wildman–Crippen LogP) is -1.28. The average Bonchev–Trinajstić information content (AvgIpc) is 2.06. The first-order valence-corrected chi connectivity index (χ1v) is 5.71. The van der Waals surface area contributed by atoms with Crippen molar-refractivity contribution in [1.82, 2.24) is 0 Å². The second-order valence-corrected chi connectivity index (χ2v) is 3.85. The van der Waals surface area contributed by atoms with E-state index in [2.05, 4.69) is 4.29 Å². The zero-order chi connectivity index (χ0) is 10.6. The lowest BCUT2D eigenvalue weighted by molar-refractivity contribution is -1.92. The van der Waals surface area contributed by atoms with Gasteiger partial charge in [0.05, 0.1) is 6.61 Å². The van der Waals surface area contributed by atoms with Crippen LogP contribution in [0.1, 0.15) is 32.6 Å². The Labute approximate surface area is 84.7 Å². The highest BCUT2D eigenvalue weighted by atomic mass is 35.7. The van der Waals surface area contributed by atoms with Gasteiger partial charge in [-0.1, -0.05) is 4.29 Å². The minimum atomic E-state index is -4.39. The van der Waals surface area contributed by atoms with E-state index in [1.165, 1.54) is 0 Å². The van der Waals surface area contributed by atoms with E-state index in [4.69, 9.17) is 4.74 Å². The fourth-order valence-electron chi connectivity index (χ4n) is 1.37. The summed E-state index contributed by atoms with van der Waals surface area (Å²) < 4.78 is 40.5. The molecule has 1 rings (SSSR count). The van der Waals surface area contributed by atoms with Crippen LogP contribution in [0.5, 0.6) is 0 Å².